The van der Waals surface area contributed by atoms with Crippen molar-refractivity contribution in [1.82, 2.24) is 0 Å². The molecule has 0 aromatic heterocycles. The van der Waals surface area contributed by atoms with Crippen molar-refractivity contribution in [2.75, 3.05) is 0 Å². The summed E-state index contributed by atoms with van der Waals surface area (Å²) in [4.78, 5) is 11.1. The maximum atomic E-state index is 11.1. The number of carboxylic acids is 1. The summed E-state index contributed by atoms with van der Waals surface area (Å²) in [6.45, 7) is 0. The van der Waals surface area contributed by atoms with E-state index in [1.165, 1.54) is 22.8 Å². The summed E-state index contributed by atoms with van der Waals surface area (Å²) in [5.74, 6) is -0.904. The summed E-state index contributed by atoms with van der Waals surface area (Å²) in [6.07, 6.45) is 2.82. The summed E-state index contributed by atoms with van der Waals surface area (Å²) in [7, 11) is 0. The number of benzene rings is 3. The van der Waals surface area contributed by atoms with Crippen LogP contribution in [0, 0.1) is 0 Å². The topological polar surface area (TPSA) is 37.3 Å². The first-order valence-corrected chi connectivity index (χ1v) is 8.35. The number of aliphatic carboxylic acids is 1. The number of aryl methyl sites for hydroxylation is 1. The molecular weight excluding hydrogens is 308 g/mol. The maximum absolute atomic E-state index is 11.1. The van der Waals surface area contributed by atoms with Crippen molar-refractivity contribution in [1.29, 1.82) is 0 Å². The lowest BCUT2D eigenvalue weighted by Crippen LogP contribution is -1.95. The molecule has 2 heteroatoms. The molecule has 0 radical (unpaired) electrons. The smallest absolute Gasteiger partial charge is 0.328 e. The maximum Gasteiger partial charge on any atom is 0.328 e. The van der Waals surface area contributed by atoms with Crippen molar-refractivity contribution in [2.24, 2.45) is 0 Å². The number of carbonyl (C=O) groups is 1. The van der Waals surface area contributed by atoms with Gasteiger partial charge in [-0.2, -0.15) is 0 Å². The molecule has 0 saturated carbocycles. The largest absolute Gasteiger partial charge is 0.478 e. The fraction of sp³-hybridized carbons (Fsp3) is 0.0870. The first kappa shape index (κ1) is 16.7. The highest BCUT2D eigenvalue weighted by atomic mass is 16.4. The molecule has 0 aliphatic rings. The van der Waals surface area contributed by atoms with Gasteiger partial charge in [0.2, 0.25) is 0 Å². The first-order chi connectivity index (χ1) is 12.2. The van der Waals surface area contributed by atoms with Crippen molar-refractivity contribution in [3.05, 3.63) is 102 Å². The van der Waals surface area contributed by atoms with E-state index in [2.05, 4.69) is 36.4 Å². The van der Waals surface area contributed by atoms with Gasteiger partial charge in [0.1, 0.15) is 0 Å². The van der Waals surface area contributed by atoms with Gasteiger partial charge in [-0.1, -0.05) is 84.9 Å². The summed E-state index contributed by atoms with van der Waals surface area (Å²) in [5, 5.41) is 9.13. The molecule has 25 heavy (non-hydrogen) atoms. The zero-order valence-corrected chi connectivity index (χ0v) is 13.9. The van der Waals surface area contributed by atoms with Crippen LogP contribution in [-0.4, -0.2) is 11.1 Å². The minimum absolute atomic E-state index is 0.695. The molecule has 3 rings (SSSR count). The van der Waals surface area contributed by atoms with E-state index < -0.39 is 5.97 Å². The van der Waals surface area contributed by atoms with E-state index >= 15 is 0 Å². The van der Waals surface area contributed by atoms with E-state index in [-0.39, 0.29) is 0 Å². The number of carboxylic acid groups (broad SMARTS) is 1. The van der Waals surface area contributed by atoms with E-state index in [0.29, 0.717) is 6.42 Å². The first-order valence-electron chi connectivity index (χ1n) is 8.35. The average molecular weight is 328 g/mol. The van der Waals surface area contributed by atoms with Gasteiger partial charge >= 0.3 is 5.97 Å². The molecule has 0 aliphatic heterocycles. The van der Waals surface area contributed by atoms with Gasteiger partial charge in [-0.3, -0.25) is 0 Å². The van der Waals surface area contributed by atoms with Crippen molar-refractivity contribution < 1.29 is 9.90 Å². The second-order valence-corrected chi connectivity index (χ2v) is 5.94. The molecule has 3 aromatic carbocycles. The molecule has 124 valence electrons. The molecule has 0 unspecified atom stereocenters. The Bertz CT molecular complexity index is 848. The Morgan fingerprint density at radius 2 is 1.32 bits per heavy atom. The standard InChI is InChI=1S/C23H20O2/c24-23(25)17-22(20-9-5-2-6-10-20)16-13-18-11-14-21(15-12-18)19-7-3-1-4-8-19/h1-12,14-15,17H,13,16H2,(H,24,25)/b22-17+. The highest BCUT2D eigenvalue weighted by Crippen LogP contribution is 2.23. The zero-order chi connectivity index (χ0) is 17.5. The lowest BCUT2D eigenvalue weighted by atomic mass is 9.96. The third kappa shape index (κ3) is 4.67. The molecule has 0 saturated heterocycles. The van der Waals surface area contributed by atoms with Crippen molar-refractivity contribution in [2.45, 2.75) is 12.8 Å². The Kier molecular flexibility index (Phi) is 5.43. The van der Waals surface area contributed by atoms with Crippen LogP contribution in [0.3, 0.4) is 0 Å². The van der Waals surface area contributed by atoms with Crippen LogP contribution in [-0.2, 0) is 11.2 Å². The van der Waals surface area contributed by atoms with E-state index in [1.54, 1.807) is 0 Å². The number of rotatable bonds is 6. The Morgan fingerprint density at radius 3 is 1.92 bits per heavy atom. The Hall–Kier alpha value is -3.13. The van der Waals surface area contributed by atoms with Crippen molar-refractivity contribution >= 4 is 11.5 Å². The third-order valence-corrected chi connectivity index (χ3v) is 4.19. The van der Waals surface area contributed by atoms with Crippen molar-refractivity contribution in [3.8, 4) is 11.1 Å². The molecule has 0 aliphatic carbocycles. The molecule has 0 atom stereocenters. The molecule has 3 aromatic rings. The van der Waals surface area contributed by atoms with E-state index in [1.807, 2.05) is 48.5 Å². The van der Waals surface area contributed by atoms with Gasteiger partial charge in [-0.05, 0) is 40.7 Å². The van der Waals surface area contributed by atoms with Crippen LogP contribution >= 0.6 is 0 Å². The molecule has 0 fully saturated rings. The number of hydrogen-bond donors (Lipinski definition) is 1. The predicted molar refractivity (Wildman–Crippen MR) is 102 cm³/mol. The molecule has 2 nitrogen and oxygen atoms in total. The van der Waals surface area contributed by atoms with Gasteiger partial charge in [-0.15, -0.1) is 0 Å². The Morgan fingerprint density at radius 1 is 0.760 bits per heavy atom. The van der Waals surface area contributed by atoms with E-state index in [4.69, 9.17) is 5.11 Å². The van der Waals surface area contributed by atoms with E-state index in [9.17, 15) is 4.79 Å². The SMILES string of the molecule is O=C(O)/C=C(\CCc1ccc(-c2ccccc2)cc1)c1ccccc1. The minimum atomic E-state index is -0.904. The van der Waals surface area contributed by atoms with Crippen LogP contribution in [0.5, 0.6) is 0 Å². The summed E-state index contributed by atoms with van der Waals surface area (Å²) < 4.78 is 0. The number of allylic oxidation sites excluding steroid dienone is 1. The fourth-order valence-corrected chi connectivity index (χ4v) is 2.87. The van der Waals surface area contributed by atoms with Crippen LogP contribution in [0.25, 0.3) is 16.7 Å². The molecular formula is C23H20O2. The quantitative estimate of drug-likeness (QED) is 0.611. The predicted octanol–water partition coefficient (Wildman–Crippen LogP) is 5.45. The summed E-state index contributed by atoms with van der Waals surface area (Å²) in [5.41, 5.74) is 5.40. The zero-order valence-electron chi connectivity index (χ0n) is 13.9. The average Bonchev–Trinajstić information content (AvgIpc) is 2.67. The lowest BCUT2D eigenvalue weighted by Gasteiger charge is -2.08. The molecule has 0 spiro atoms. The molecule has 0 bridgehead atoms. The normalized spacial score (nSPS) is 11.3. The van der Waals surface area contributed by atoms with Gasteiger partial charge < -0.3 is 5.11 Å². The molecule has 0 heterocycles. The molecule has 1 N–H and O–H groups in total. The van der Waals surface area contributed by atoms with Gasteiger partial charge in [0.25, 0.3) is 0 Å². The minimum Gasteiger partial charge on any atom is -0.478 e. The lowest BCUT2D eigenvalue weighted by molar-refractivity contribution is -0.131. The fourth-order valence-electron chi connectivity index (χ4n) is 2.87. The number of hydrogen-bond acceptors (Lipinski definition) is 1. The second-order valence-electron chi connectivity index (χ2n) is 5.94. The van der Waals surface area contributed by atoms with Gasteiger partial charge in [0, 0.05) is 6.08 Å². The van der Waals surface area contributed by atoms with Crippen LogP contribution in [0.4, 0.5) is 0 Å². The van der Waals surface area contributed by atoms with E-state index in [0.717, 1.165) is 17.6 Å². The van der Waals surface area contributed by atoms with Crippen LogP contribution in [0.1, 0.15) is 17.5 Å². The highest BCUT2D eigenvalue weighted by Gasteiger charge is 2.05. The Balaban J connectivity index is 1.72. The van der Waals surface area contributed by atoms with Crippen LogP contribution < -0.4 is 0 Å². The molecule has 0 amide bonds. The Labute approximate surface area is 148 Å². The van der Waals surface area contributed by atoms with Crippen LogP contribution in [0.2, 0.25) is 0 Å². The monoisotopic (exact) mass is 328 g/mol. The van der Waals surface area contributed by atoms with Crippen LogP contribution in [0.15, 0.2) is 91.0 Å². The highest BCUT2D eigenvalue weighted by molar-refractivity contribution is 5.90. The summed E-state index contributed by atoms with van der Waals surface area (Å²) >= 11 is 0. The second kappa shape index (κ2) is 8.11. The third-order valence-electron chi connectivity index (χ3n) is 4.19. The van der Waals surface area contributed by atoms with Gasteiger partial charge in [0.15, 0.2) is 0 Å². The van der Waals surface area contributed by atoms with Gasteiger partial charge in [0.05, 0.1) is 0 Å². The van der Waals surface area contributed by atoms with Crippen molar-refractivity contribution in [3.63, 3.8) is 0 Å². The summed E-state index contributed by atoms with van der Waals surface area (Å²) in [6, 6.07) is 28.4. The van der Waals surface area contributed by atoms with Gasteiger partial charge in [-0.25, -0.2) is 4.79 Å².